The van der Waals surface area contributed by atoms with Gasteiger partial charge in [-0.3, -0.25) is 4.90 Å². The van der Waals surface area contributed by atoms with Crippen LogP contribution in [0.5, 0.6) is 17.2 Å². The molecule has 0 radical (unpaired) electrons. The topological polar surface area (TPSA) is 87.3 Å². The maximum absolute atomic E-state index is 12.1. The van der Waals surface area contributed by atoms with Crippen LogP contribution in [0.15, 0.2) is 66.7 Å². The Kier molecular flexibility index (Phi) is 6.88. The molecule has 0 unspecified atom stereocenters. The molecule has 0 bridgehead atoms. The number of ether oxygens (including phenoxy) is 1. The quantitative estimate of drug-likeness (QED) is 0.167. The molecule has 1 aliphatic heterocycles. The molecule has 0 amide bonds. The summed E-state index contributed by atoms with van der Waals surface area (Å²) in [6.45, 7) is 3.80. The maximum atomic E-state index is 12.1. The number of likely N-dealkylation sites (tertiary alicyclic amines) is 1. The number of thiophene rings is 1. The summed E-state index contributed by atoms with van der Waals surface area (Å²) in [5.74, 6) is 1.26. The molecule has 4 aromatic rings. The third-order valence-electron chi connectivity index (χ3n) is 6.35. The lowest BCUT2D eigenvalue weighted by Gasteiger charge is -2.26. The third-order valence-corrected chi connectivity index (χ3v) is 7.56. The Morgan fingerprint density at radius 1 is 0.914 bits per heavy atom. The second kappa shape index (κ2) is 10.4. The van der Waals surface area contributed by atoms with Gasteiger partial charge in [0.25, 0.3) is 0 Å². The summed E-state index contributed by atoms with van der Waals surface area (Å²) < 4.78 is 11.5. The zero-order chi connectivity index (χ0) is 24.2. The normalized spacial score (nSPS) is 14.9. The van der Waals surface area contributed by atoms with Crippen LogP contribution in [-0.4, -0.2) is 47.1 Å². The second-order valence-electron chi connectivity index (χ2n) is 8.72. The van der Waals surface area contributed by atoms with Gasteiger partial charge in [0.2, 0.25) is 0 Å². The van der Waals surface area contributed by atoms with Crippen LogP contribution < -0.4 is 9.99 Å². The molecule has 5 rings (SSSR count). The van der Waals surface area contributed by atoms with E-state index in [2.05, 4.69) is 4.90 Å². The Labute approximate surface area is 207 Å². The SMILES string of the molecule is [O-][O+]=C(c1ccc(OCCN2CCCCC2)cc1)c1c(-c2ccc(O)cc2)sc2cc(O)ccc12. The number of rotatable bonds is 7. The highest BCUT2D eigenvalue weighted by Gasteiger charge is 2.28. The average Bonchev–Trinajstić information content (AvgIpc) is 3.25. The number of benzene rings is 3. The van der Waals surface area contributed by atoms with E-state index in [4.69, 9.17) is 9.31 Å². The summed E-state index contributed by atoms with van der Waals surface area (Å²) in [5.41, 5.74) is 2.13. The predicted octanol–water partition coefficient (Wildman–Crippen LogP) is 4.89. The molecule has 1 saturated heterocycles. The van der Waals surface area contributed by atoms with Crippen molar-refractivity contribution >= 4 is 27.2 Å². The minimum atomic E-state index is 0.151. The van der Waals surface area contributed by atoms with Crippen molar-refractivity contribution in [3.63, 3.8) is 0 Å². The van der Waals surface area contributed by atoms with Crippen LogP contribution in [-0.2, 0) is 0 Å². The largest absolute Gasteiger partial charge is 0.508 e. The van der Waals surface area contributed by atoms with Gasteiger partial charge in [0, 0.05) is 16.6 Å². The van der Waals surface area contributed by atoms with Crippen LogP contribution >= 0.6 is 11.3 Å². The molecule has 1 aliphatic rings. The van der Waals surface area contributed by atoms with Crippen molar-refractivity contribution in [2.45, 2.75) is 19.3 Å². The second-order valence-corrected chi connectivity index (χ2v) is 9.77. The van der Waals surface area contributed by atoms with Crippen molar-refractivity contribution in [2.75, 3.05) is 26.2 Å². The monoisotopic (exact) mass is 489 g/mol. The minimum Gasteiger partial charge on any atom is -0.508 e. The number of carbonyl (C=O) groups excluding carboxylic acids is 1. The van der Waals surface area contributed by atoms with Crippen molar-refractivity contribution in [2.24, 2.45) is 0 Å². The summed E-state index contributed by atoms with van der Waals surface area (Å²) >= 11 is 1.45. The Hall–Kier alpha value is -3.55. The molecule has 3 aromatic carbocycles. The van der Waals surface area contributed by atoms with Gasteiger partial charge in [0.05, 0.1) is 10.4 Å². The number of hydrogen-bond donors (Lipinski definition) is 2. The van der Waals surface area contributed by atoms with Crippen molar-refractivity contribution in [3.8, 4) is 27.7 Å². The van der Waals surface area contributed by atoms with Gasteiger partial charge in [0.15, 0.2) is 0 Å². The zero-order valence-corrected chi connectivity index (χ0v) is 20.1. The fraction of sp³-hybridized carbons (Fsp3) is 0.250. The first-order valence-electron chi connectivity index (χ1n) is 11.8. The molecule has 0 saturated carbocycles. The van der Waals surface area contributed by atoms with Crippen LogP contribution in [0.1, 0.15) is 35.0 Å². The van der Waals surface area contributed by atoms with Gasteiger partial charge in [0.1, 0.15) is 29.4 Å². The lowest BCUT2D eigenvalue weighted by Crippen LogP contribution is -2.33. The number of phenols is 2. The molecule has 35 heavy (non-hydrogen) atoms. The van der Waals surface area contributed by atoms with Crippen LogP contribution in [0.4, 0.5) is 0 Å². The van der Waals surface area contributed by atoms with Gasteiger partial charge in [-0.1, -0.05) is 6.42 Å². The average molecular weight is 490 g/mol. The van der Waals surface area contributed by atoms with Gasteiger partial charge < -0.3 is 20.2 Å². The van der Waals surface area contributed by atoms with Crippen molar-refractivity contribution in [1.82, 2.24) is 4.90 Å². The highest BCUT2D eigenvalue weighted by molar-refractivity contribution is 7.22. The number of hydrogen-bond acceptors (Lipinski definition) is 6. The number of piperidine rings is 1. The van der Waals surface area contributed by atoms with E-state index in [-0.39, 0.29) is 17.3 Å². The number of fused-ring (bicyclic) bond motifs is 1. The lowest BCUT2D eigenvalue weighted by molar-refractivity contribution is -0.937. The number of phenolic OH excluding ortho intramolecular Hbond substituents is 2. The Morgan fingerprint density at radius 2 is 1.63 bits per heavy atom. The highest BCUT2D eigenvalue weighted by Crippen LogP contribution is 2.41. The van der Waals surface area contributed by atoms with Crippen LogP contribution in [0.2, 0.25) is 0 Å². The summed E-state index contributed by atoms with van der Waals surface area (Å²) in [6, 6.07) is 19.2. The third kappa shape index (κ3) is 5.11. The molecule has 6 nitrogen and oxygen atoms in total. The first kappa shape index (κ1) is 23.2. The molecule has 180 valence electrons. The van der Waals surface area contributed by atoms with Crippen LogP contribution in [0, 0.1) is 0 Å². The standard InChI is InChI=1S/C28H27NO5S/c30-21-8-4-20(5-9-21)28-26(24-13-10-22(31)18-25(24)35-28)27(34-32)19-6-11-23(12-7-19)33-17-16-29-14-2-1-3-15-29/h4-13,18,30-31H,1-3,14-17H2. The maximum Gasteiger partial charge on any atom is 0.392 e. The number of nitrogens with zero attached hydrogens (tertiary/aromatic N) is 1. The molecule has 0 spiro atoms. The molecule has 7 heteroatoms. The van der Waals surface area contributed by atoms with E-state index in [1.807, 2.05) is 24.3 Å². The zero-order valence-electron chi connectivity index (χ0n) is 19.3. The molecule has 0 aliphatic carbocycles. The van der Waals surface area contributed by atoms with Gasteiger partial charge in [-0.15, -0.1) is 11.3 Å². The molecule has 2 N–H and O–H groups in total. The first-order chi connectivity index (χ1) is 17.1. The summed E-state index contributed by atoms with van der Waals surface area (Å²) in [7, 11) is 0. The van der Waals surface area contributed by atoms with E-state index < -0.39 is 0 Å². The molecule has 2 heterocycles. The predicted molar refractivity (Wildman–Crippen MR) is 136 cm³/mol. The Morgan fingerprint density at radius 3 is 2.34 bits per heavy atom. The number of ketones is 1. The van der Waals surface area contributed by atoms with Gasteiger partial charge in [-0.05, 0) is 98.2 Å². The van der Waals surface area contributed by atoms with E-state index in [1.54, 1.807) is 42.5 Å². The van der Waals surface area contributed by atoms with E-state index >= 15 is 0 Å². The van der Waals surface area contributed by atoms with Crippen molar-refractivity contribution < 1.29 is 24.8 Å². The molecular weight excluding hydrogens is 462 g/mol. The van der Waals surface area contributed by atoms with Crippen LogP contribution in [0.3, 0.4) is 0 Å². The Bertz CT molecular complexity index is 1320. The Balaban J connectivity index is 1.43. The lowest BCUT2D eigenvalue weighted by atomic mass is 9.97. The fourth-order valence-corrected chi connectivity index (χ4v) is 5.78. The van der Waals surface area contributed by atoms with E-state index in [1.165, 1.54) is 30.6 Å². The summed E-state index contributed by atoms with van der Waals surface area (Å²) in [6.07, 6.45) is 3.82. The molecule has 1 aromatic heterocycles. The van der Waals surface area contributed by atoms with Gasteiger partial charge >= 0.3 is 5.78 Å². The highest BCUT2D eigenvalue weighted by atomic mass is 32.1. The van der Waals surface area contributed by atoms with Crippen LogP contribution in [0.25, 0.3) is 20.5 Å². The van der Waals surface area contributed by atoms with E-state index in [0.29, 0.717) is 17.7 Å². The molecule has 1 fully saturated rings. The van der Waals surface area contributed by atoms with Gasteiger partial charge in [-0.25, -0.2) is 0 Å². The molecule has 0 atom stereocenters. The van der Waals surface area contributed by atoms with E-state index in [0.717, 1.165) is 45.9 Å². The van der Waals surface area contributed by atoms with Gasteiger partial charge in [-0.2, -0.15) is 4.58 Å². The summed E-state index contributed by atoms with van der Waals surface area (Å²) in [4.78, 5) is 3.25. The molecular formula is C28H27NO5S. The summed E-state index contributed by atoms with van der Waals surface area (Å²) in [5, 5.41) is 32.6. The number of aromatic hydroxyl groups is 2. The van der Waals surface area contributed by atoms with Crippen molar-refractivity contribution in [1.29, 1.82) is 0 Å². The minimum absolute atomic E-state index is 0.151. The smallest absolute Gasteiger partial charge is 0.392 e. The van der Waals surface area contributed by atoms with E-state index in [9.17, 15) is 15.5 Å². The van der Waals surface area contributed by atoms with Crippen molar-refractivity contribution in [3.05, 3.63) is 77.9 Å². The first-order valence-corrected chi connectivity index (χ1v) is 12.6. The fourth-order valence-electron chi connectivity index (χ4n) is 4.54.